The second-order valence-electron chi connectivity index (χ2n) is 7.95. The Labute approximate surface area is 206 Å². The molecule has 0 aromatic heterocycles. The molecule has 0 spiro atoms. The van der Waals surface area contributed by atoms with Gasteiger partial charge in [0, 0.05) is 49.0 Å². The monoisotopic (exact) mass is 492 g/mol. The van der Waals surface area contributed by atoms with Gasteiger partial charge in [0.2, 0.25) is 0 Å². The number of nitrogens with zero attached hydrogens (tertiary/aromatic N) is 2. The zero-order valence-electron chi connectivity index (χ0n) is 17.7. The van der Waals surface area contributed by atoms with Crippen LogP contribution in [-0.4, -0.2) is 42.7 Å². The zero-order chi connectivity index (χ0) is 20.5. The van der Waals surface area contributed by atoms with Gasteiger partial charge in [-0.25, -0.2) is 0 Å². The van der Waals surface area contributed by atoms with Gasteiger partial charge in [0.15, 0.2) is 11.5 Å². The second kappa shape index (κ2) is 10.7. The lowest BCUT2D eigenvalue weighted by Crippen LogP contribution is -2.47. The van der Waals surface area contributed by atoms with Crippen LogP contribution in [0.3, 0.4) is 0 Å². The quantitative estimate of drug-likeness (QED) is 0.497. The summed E-state index contributed by atoms with van der Waals surface area (Å²) in [5, 5.41) is 11.1. The van der Waals surface area contributed by atoms with Gasteiger partial charge in [-0.05, 0) is 53.4 Å². The maximum atomic E-state index is 10.3. The molecule has 1 fully saturated rings. The average molecular weight is 494 g/mol. The molecule has 5 rings (SSSR count). The highest BCUT2D eigenvalue weighted by Crippen LogP contribution is 2.45. The van der Waals surface area contributed by atoms with E-state index in [1.54, 1.807) is 6.07 Å². The standard InChI is InChI=1S/C25H25ClN2O2.2ClH/c26-20-6-8-21(9-7-20)28-15-13-27(14-16-28)12-11-18-5-10-23(29)25-24(18)22-4-2-1-3-19(22)17-30-25;;/h1-10,29H,11-17H2;2*1H. The summed E-state index contributed by atoms with van der Waals surface area (Å²) in [7, 11) is 0. The van der Waals surface area contributed by atoms with Crippen molar-refractivity contribution in [1.82, 2.24) is 4.90 Å². The minimum Gasteiger partial charge on any atom is -0.504 e. The molecule has 0 saturated carbocycles. The highest BCUT2D eigenvalue weighted by Gasteiger charge is 2.24. The molecule has 4 nitrogen and oxygen atoms in total. The van der Waals surface area contributed by atoms with Crippen LogP contribution < -0.4 is 9.64 Å². The number of anilines is 1. The molecule has 1 saturated heterocycles. The van der Waals surface area contributed by atoms with E-state index >= 15 is 0 Å². The number of benzene rings is 3. The number of hydrogen-bond donors (Lipinski definition) is 1. The predicted octanol–water partition coefficient (Wildman–Crippen LogP) is 5.81. The van der Waals surface area contributed by atoms with E-state index in [2.05, 4.69) is 40.1 Å². The van der Waals surface area contributed by atoms with Crippen molar-refractivity contribution in [1.29, 1.82) is 0 Å². The van der Waals surface area contributed by atoms with Crippen LogP contribution in [0.15, 0.2) is 60.7 Å². The van der Waals surface area contributed by atoms with Crippen LogP contribution in [0, 0.1) is 0 Å². The molecule has 0 bridgehead atoms. The van der Waals surface area contributed by atoms with E-state index in [0.29, 0.717) is 12.4 Å². The molecule has 2 aliphatic rings. The summed E-state index contributed by atoms with van der Waals surface area (Å²) in [6.45, 7) is 5.61. The summed E-state index contributed by atoms with van der Waals surface area (Å²) in [5.74, 6) is 0.846. The molecule has 0 amide bonds. The number of phenols is 1. The van der Waals surface area contributed by atoms with Crippen LogP contribution in [0.2, 0.25) is 5.02 Å². The van der Waals surface area contributed by atoms with Crippen molar-refractivity contribution in [2.45, 2.75) is 13.0 Å². The Morgan fingerprint density at radius 2 is 1.59 bits per heavy atom. The maximum absolute atomic E-state index is 10.3. The molecule has 32 heavy (non-hydrogen) atoms. The molecule has 3 aromatic rings. The van der Waals surface area contributed by atoms with Crippen LogP contribution in [0.5, 0.6) is 11.5 Å². The third-order valence-electron chi connectivity index (χ3n) is 6.14. The molecule has 0 radical (unpaired) electrons. The number of halogens is 3. The van der Waals surface area contributed by atoms with Crippen molar-refractivity contribution in [2.24, 2.45) is 0 Å². The van der Waals surface area contributed by atoms with E-state index < -0.39 is 0 Å². The van der Waals surface area contributed by atoms with Gasteiger partial charge in [0.1, 0.15) is 6.61 Å². The Balaban J connectivity index is 0.00000144. The van der Waals surface area contributed by atoms with E-state index in [9.17, 15) is 5.11 Å². The van der Waals surface area contributed by atoms with Crippen molar-refractivity contribution >= 4 is 42.1 Å². The van der Waals surface area contributed by atoms with Crippen molar-refractivity contribution in [2.75, 3.05) is 37.6 Å². The molecule has 0 aliphatic carbocycles. The number of rotatable bonds is 4. The van der Waals surface area contributed by atoms with E-state index in [1.165, 1.54) is 22.4 Å². The third-order valence-corrected chi connectivity index (χ3v) is 6.40. The summed E-state index contributed by atoms with van der Waals surface area (Å²) in [6.07, 6.45) is 0.932. The van der Waals surface area contributed by atoms with Gasteiger partial charge in [0.05, 0.1) is 0 Å². The summed E-state index contributed by atoms with van der Waals surface area (Å²) in [5.41, 5.74) is 5.87. The zero-order valence-corrected chi connectivity index (χ0v) is 20.1. The number of phenolic OH excluding ortho intramolecular Hbond substituents is 1. The highest BCUT2D eigenvalue weighted by molar-refractivity contribution is 6.30. The van der Waals surface area contributed by atoms with Gasteiger partial charge >= 0.3 is 0 Å². The molecule has 7 heteroatoms. The number of hydrogen-bond acceptors (Lipinski definition) is 4. The average Bonchev–Trinajstić information content (AvgIpc) is 2.79. The highest BCUT2D eigenvalue weighted by atomic mass is 35.5. The molecule has 3 aromatic carbocycles. The lowest BCUT2D eigenvalue weighted by Gasteiger charge is -2.36. The van der Waals surface area contributed by atoms with Gasteiger partial charge in [0.25, 0.3) is 0 Å². The number of ether oxygens (including phenoxy) is 1. The third kappa shape index (κ3) is 4.94. The van der Waals surface area contributed by atoms with Gasteiger partial charge in [-0.1, -0.05) is 41.9 Å². The molecule has 2 aliphatic heterocycles. The van der Waals surface area contributed by atoms with Crippen LogP contribution in [-0.2, 0) is 13.0 Å². The number of fused-ring (bicyclic) bond motifs is 3. The Morgan fingerprint density at radius 1 is 0.875 bits per heavy atom. The van der Waals surface area contributed by atoms with Crippen molar-refractivity contribution in [3.8, 4) is 22.6 Å². The molecule has 1 N–H and O–H groups in total. The summed E-state index contributed by atoms with van der Waals surface area (Å²) in [6, 6.07) is 20.2. The lowest BCUT2D eigenvalue weighted by atomic mass is 9.91. The second-order valence-corrected chi connectivity index (χ2v) is 8.39. The van der Waals surface area contributed by atoms with Crippen LogP contribution in [0.25, 0.3) is 11.1 Å². The first-order valence-electron chi connectivity index (χ1n) is 10.5. The fraction of sp³-hybridized carbons (Fsp3) is 0.280. The minimum atomic E-state index is 0. The van der Waals surface area contributed by atoms with Crippen LogP contribution in [0.4, 0.5) is 5.69 Å². The van der Waals surface area contributed by atoms with E-state index in [0.717, 1.165) is 49.7 Å². The molecular formula is C25H27Cl3N2O2. The minimum absolute atomic E-state index is 0. The fourth-order valence-electron chi connectivity index (χ4n) is 4.46. The lowest BCUT2D eigenvalue weighted by molar-refractivity contribution is 0.260. The van der Waals surface area contributed by atoms with E-state index in [-0.39, 0.29) is 30.6 Å². The van der Waals surface area contributed by atoms with Crippen molar-refractivity contribution < 1.29 is 9.84 Å². The summed E-state index contributed by atoms with van der Waals surface area (Å²) < 4.78 is 5.90. The number of piperazine rings is 1. The summed E-state index contributed by atoms with van der Waals surface area (Å²) >= 11 is 6.01. The van der Waals surface area contributed by atoms with Gasteiger partial charge < -0.3 is 14.7 Å². The van der Waals surface area contributed by atoms with E-state index in [4.69, 9.17) is 16.3 Å². The normalized spacial score (nSPS) is 15.0. The SMILES string of the molecule is Cl.Cl.Oc1ccc(CCN2CCN(c3ccc(Cl)cc3)CC2)c2c1OCc1ccccc1-2. The van der Waals surface area contributed by atoms with Gasteiger partial charge in [-0.15, -0.1) is 24.8 Å². The Hall–Kier alpha value is -2.11. The fourth-order valence-corrected chi connectivity index (χ4v) is 4.59. The Kier molecular flexibility index (Phi) is 8.18. The Bertz CT molecular complexity index is 1050. The van der Waals surface area contributed by atoms with Crippen LogP contribution >= 0.6 is 36.4 Å². The smallest absolute Gasteiger partial charge is 0.169 e. The summed E-state index contributed by atoms with van der Waals surface area (Å²) in [4.78, 5) is 4.93. The van der Waals surface area contributed by atoms with E-state index in [1.807, 2.05) is 24.3 Å². The maximum Gasteiger partial charge on any atom is 0.169 e. The Morgan fingerprint density at radius 3 is 2.34 bits per heavy atom. The molecule has 0 atom stereocenters. The molecule has 0 unspecified atom stereocenters. The topological polar surface area (TPSA) is 35.9 Å². The predicted molar refractivity (Wildman–Crippen MR) is 136 cm³/mol. The van der Waals surface area contributed by atoms with Crippen LogP contribution in [0.1, 0.15) is 11.1 Å². The first-order valence-corrected chi connectivity index (χ1v) is 10.9. The largest absolute Gasteiger partial charge is 0.504 e. The first kappa shape index (κ1) is 24.5. The molecule has 2 heterocycles. The first-order chi connectivity index (χ1) is 14.7. The van der Waals surface area contributed by atoms with Crippen molar-refractivity contribution in [3.63, 3.8) is 0 Å². The van der Waals surface area contributed by atoms with Gasteiger partial charge in [-0.2, -0.15) is 0 Å². The molecular weight excluding hydrogens is 467 g/mol. The van der Waals surface area contributed by atoms with Crippen molar-refractivity contribution in [3.05, 3.63) is 76.8 Å². The molecule has 170 valence electrons. The van der Waals surface area contributed by atoms with Gasteiger partial charge in [-0.3, -0.25) is 4.90 Å². The number of aromatic hydroxyl groups is 1.